The first kappa shape index (κ1) is 13.7. The van der Waals surface area contributed by atoms with Gasteiger partial charge in [-0.25, -0.2) is 4.79 Å². The van der Waals surface area contributed by atoms with Crippen LogP contribution in [0, 0.1) is 6.92 Å². The monoisotopic (exact) mass is 258 g/mol. The average Bonchev–Trinajstić information content (AvgIpc) is 2.42. The highest BCUT2D eigenvalue weighted by Gasteiger charge is 2.14. The molecule has 19 heavy (non-hydrogen) atoms. The minimum absolute atomic E-state index is 0.102. The van der Waals surface area contributed by atoms with Crippen molar-refractivity contribution < 1.29 is 4.79 Å². The number of hydrogen-bond donors (Lipinski definition) is 2. The van der Waals surface area contributed by atoms with Crippen LogP contribution < -0.4 is 10.6 Å². The first-order chi connectivity index (χ1) is 9.24. The van der Waals surface area contributed by atoms with Gasteiger partial charge in [-0.15, -0.1) is 0 Å². The van der Waals surface area contributed by atoms with E-state index in [4.69, 9.17) is 0 Å². The normalized spacial score (nSPS) is 16.5. The van der Waals surface area contributed by atoms with Crippen molar-refractivity contribution >= 4 is 12.1 Å². The van der Waals surface area contributed by atoms with E-state index in [0.29, 0.717) is 6.04 Å². The molecule has 0 atom stereocenters. The molecule has 2 amide bonds. The predicted octanol–water partition coefficient (Wildman–Crippen LogP) is 3.60. The van der Waals surface area contributed by atoms with Crippen LogP contribution in [0.15, 0.2) is 30.5 Å². The van der Waals surface area contributed by atoms with Crippen molar-refractivity contribution in [1.29, 1.82) is 0 Å². The summed E-state index contributed by atoms with van der Waals surface area (Å²) in [5.74, 6) is 0. The van der Waals surface area contributed by atoms with Crippen LogP contribution in [0.3, 0.4) is 0 Å². The van der Waals surface area contributed by atoms with Gasteiger partial charge >= 0.3 is 6.03 Å². The molecule has 1 aromatic carbocycles. The van der Waals surface area contributed by atoms with Crippen molar-refractivity contribution in [2.24, 2.45) is 0 Å². The largest absolute Gasteiger partial charge is 0.335 e. The third-order valence-electron chi connectivity index (χ3n) is 3.51. The van der Waals surface area contributed by atoms with E-state index >= 15 is 0 Å². The van der Waals surface area contributed by atoms with Crippen molar-refractivity contribution in [2.45, 2.75) is 45.1 Å². The van der Waals surface area contributed by atoms with Crippen molar-refractivity contribution in [3.05, 3.63) is 41.6 Å². The summed E-state index contributed by atoms with van der Waals surface area (Å²) in [6, 6.07) is 8.43. The zero-order valence-corrected chi connectivity index (χ0v) is 11.5. The number of benzene rings is 1. The molecule has 0 heterocycles. The maximum atomic E-state index is 11.7. The van der Waals surface area contributed by atoms with Gasteiger partial charge in [-0.2, -0.15) is 0 Å². The van der Waals surface area contributed by atoms with E-state index in [0.717, 1.165) is 18.4 Å². The lowest BCUT2D eigenvalue weighted by atomic mass is 9.96. The second-order valence-electron chi connectivity index (χ2n) is 5.20. The summed E-state index contributed by atoms with van der Waals surface area (Å²) in [5.41, 5.74) is 2.32. The Hall–Kier alpha value is -1.77. The van der Waals surface area contributed by atoms with Crippen molar-refractivity contribution in [3.8, 4) is 0 Å². The quantitative estimate of drug-likeness (QED) is 0.854. The predicted molar refractivity (Wildman–Crippen MR) is 78.8 cm³/mol. The molecule has 1 aromatic rings. The Labute approximate surface area is 115 Å². The van der Waals surface area contributed by atoms with Gasteiger partial charge in [-0.1, -0.05) is 49.1 Å². The number of urea groups is 1. The Morgan fingerprint density at radius 1 is 1.16 bits per heavy atom. The Balaban J connectivity index is 1.74. The standard InChI is InChI=1S/C16H22N2O/c1-13-7-9-14(10-8-13)11-12-17-16(19)18-15-5-3-2-4-6-15/h7-12,15H,2-6H2,1H3,(H2,17,18,19)/b12-11+. The molecule has 102 valence electrons. The molecule has 0 spiro atoms. The van der Waals surface area contributed by atoms with E-state index in [1.807, 2.05) is 18.2 Å². The van der Waals surface area contributed by atoms with Crippen LogP contribution in [0.25, 0.3) is 6.08 Å². The Bertz CT molecular complexity index is 431. The fourth-order valence-electron chi connectivity index (χ4n) is 2.37. The Kier molecular flexibility index (Phi) is 5.01. The average molecular weight is 258 g/mol. The van der Waals surface area contributed by atoms with E-state index in [1.165, 1.54) is 24.8 Å². The number of carbonyl (C=O) groups excluding carboxylic acids is 1. The molecular weight excluding hydrogens is 236 g/mol. The van der Waals surface area contributed by atoms with E-state index in [2.05, 4.69) is 29.7 Å². The fourth-order valence-corrected chi connectivity index (χ4v) is 2.37. The third-order valence-corrected chi connectivity index (χ3v) is 3.51. The molecule has 0 unspecified atom stereocenters. The van der Waals surface area contributed by atoms with Gasteiger partial charge in [-0.05, 0) is 31.4 Å². The number of nitrogens with one attached hydrogen (secondary N) is 2. The van der Waals surface area contributed by atoms with Crippen molar-refractivity contribution in [1.82, 2.24) is 10.6 Å². The molecule has 1 aliphatic carbocycles. The molecule has 0 bridgehead atoms. The third kappa shape index (κ3) is 4.78. The Morgan fingerprint density at radius 3 is 2.53 bits per heavy atom. The smallest absolute Gasteiger partial charge is 0.318 e. The van der Waals surface area contributed by atoms with Gasteiger partial charge in [0.2, 0.25) is 0 Å². The minimum Gasteiger partial charge on any atom is -0.335 e. The van der Waals surface area contributed by atoms with Crippen LogP contribution in [-0.2, 0) is 0 Å². The van der Waals surface area contributed by atoms with Crippen LogP contribution in [0.4, 0.5) is 4.79 Å². The molecule has 1 saturated carbocycles. The highest BCUT2D eigenvalue weighted by atomic mass is 16.2. The zero-order valence-electron chi connectivity index (χ0n) is 11.5. The molecule has 1 aliphatic rings. The van der Waals surface area contributed by atoms with Gasteiger partial charge in [0, 0.05) is 12.2 Å². The summed E-state index contributed by atoms with van der Waals surface area (Å²) in [6.07, 6.45) is 9.56. The number of rotatable bonds is 3. The number of hydrogen-bond acceptors (Lipinski definition) is 1. The van der Waals surface area contributed by atoms with Gasteiger partial charge in [0.15, 0.2) is 0 Å². The first-order valence-electron chi connectivity index (χ1n) is 7.04. The molecule has 3 nitrogen and oxygen atoms in total. The summed E-state index contributed by atoms with van der Waals surface area (Å²) < 4.78 is 0. The van der Waals surface area contributed by atoms with E-state index in [1.54, 1.807) is 6.20 Å². The van der Waals surface area contributed by atoms with Crippen LogP contribution in [0.5, 0.6) is 0 Å². The van der Waals surface area contributed by atoms with E-state index < -0.39 is 0 Å². The summed E-state index contributed by atoms with van der Waals surface area (Å²) >= 11 is 0. The molecule has 0 aliphatic heterocycles. The lowest BCUT2D eigenvalue weighted by Crippen LogP contribution is -2.40. The lowest BCUT2D eigenvalue weighted by Gasteiger charge is -2.22. The highest BCUT2D eigenvalue weighted by molar-refractivity contribution is 5.76. The number of aryl methyl sites for hydroxylation is 1. The van der Waals surface area contributed by atoms with Crippen molar-refractivity contribution in [2.75, 3.05) is 0 Å². The molecule has 0 radical (unpaired) electrons. The maximum Gasteiger partial charge on any atom is 0.318 e. The Morgan fingerprint density at radius 2 is 1.84 bits per heavy atom. The second kappa shape index (κ2) is 6.98. The SMILES string of the molecule is Cc1ccc(/C=C/NC(=O)NC2CCCCC2)cc1. The summed E-state index contributed by atoms with van der Waals surface area (Å²) in [5, 5.41) is 5.78. The molecular formula is C16H22N2O. The van der Waals surface area contributed by atoms with E-state index in [9.17, 15) is 4.79 Å². The molecule has 2 N–H and O–H groups in total. The maximum absolute atomic E-state index is 11.7. The highest BCUT2D eigenvalue weighted by Crippen LogP contribution is 2.17. The summed E-state index contributed by atoms with van der Waals surface area (Å²) in [7, 11) is 0. The molecule has 0 aromatic heterocycles. The molecule has 2 rings (SSSR count). The van der Waals surface area contributed by atoms with E-state index in [-0.39, 0.29) is 6.03 Å². The fraction of sp³-hybridized carbons (Fsp3) is 0.438. The van der Waals surface area contributed by atoms with Gasteiger partial charge in [0.1, 0.15) is 0 Å². The van der Waals surface area contributed by atoms with Crippen LogP contribution >= 0.6 is 0 Å². The second-order valence-corrected chi connectivity index (χ2v) is 5.20. The van der Waals surface area contributed by atoms with Gasteiger partial charge in [0.25, 0.3) is 0 Å². The zero-order chi connectivity index (χ0) is 13.5. The van der Waals surface area contributed by atoms with Gasteiger partial charge in [-0.3, -0.25) is 0 Å². The first-order valence-corrected chi connectivity index (χ1v) is 7.04. The topological polar surface area (TPSA) is 41.1 Å². The minimum atomic E-state index is -0.102. The van der Waals surface area contributed by atoms with Crippen LogP contribution in [0.1, 0.15) is 43.2 Å². The van der Waals surface area contributed by atoms with Gasteiger partial charge < -0.3 is 10.6 Å². The van der Waals surface area contributed by atoms with Crippen LogP contribution in [0.2, 0.25) is 0 Å². The summed E-state index contributed by atoms with van der Waals surface area (Å²) in [6.45, 7) is 2.06. The molecule has 0 saturated heterocycles. The van der Waals surface area contributed by atoms with Gasteiger partial charge in [0.05, 0.1) is 0 Å². The van der Waals surface area contributed by atoms with Crippen LogP contribution in [-0.4, -0.2) is 12.1 Å². The molecule has 3 heteroatoms. The molecule has 1 fully saturated rings. The summed E-state index contributed by atoms with van der Waals surface area (Å²) in [4.78, 5) is 11.7. The lowest BCUT2D eigenvalue weighted by molar-refractivity contribution is 0.236. The number of amides is 2. The number of carbonyl (C=O) groups is 1. The van der Waals surface area contributed by atoms with Crippen molar-refractivity contribution in [3.63, 3.8) is 0 Å².